The van der Waals surface area contributed by atoms with Crippen molar-refractivity contribution in [3.05, 3.63) is 35.1 Å². The van der Waals surface area contributed by atoms with Crippen LogP contribution in [0.2, 0.25) is 5.15 Å². The van der Waals surface area contributed by atoms with Gasteiger partial charge in [0, 0.05) is 11.8 Å². The van der Waals surface area contributed by atoms with Crippen molar-refractivity contribution in [2.75, 3.05) is 14.2 Å². The highest BCUT2D eigenvalue weighted by Crippen LogP contribution is 2.31. The molecule has 0 aliphatic rings. The van der Waals surface area contributed by atoms with Crippen LogP contribution in [0.3, 0.4) is 0 Å². The molecule has 2 rings (SSSR count). The molecular weight excluding hydrogens is 264 g/mol. The van der Waals surface area contributed by atoms with Gasteiger partial charge < -0.3 is 9.47 Å². The first-order valence-electron chi connectivity index (χ1n) is 5.93. The summed E-state index contributed by atoms with van der Waals surface area (Å²) in [4.78, 5) is 8.72. The average Bonchev–Trinajstić information content (AvgIpc) is 2.45. The second kappa shape index (κ2) is 5.89. The van der Waals surface area contributed by atoms with Crippen molar-refractivity contribution >= 4 is 11.6 Å². The van der Waals surface area contributed by atoms with E-state index in [0.29, 0.717) is 16.7 Å². The van der Waals surface area contributed by atoms with Crippen LogP contribution in [0.15, 0.2) is 24.3 Å². The maximum atomic E-state index is 6.02. The van der Waals surface area contributed by atoms with E-state index >= 15 is 0 Å². The van der Waals surface area contributed by atoms with E-state index in [4.69, 9.17) is 21.1 Å². The van der Waals surface area contributed by atoms with E-state index in [1.54, 1.807) is 26.4 Å². The Kier molecular flexibility index (Phi) is 4.22. The summed E-state index contributed by atoms with van der Waals surface area (Å²) in [5, 5.41) is 0.430. The van der Waals surface area contributed by atoms with E-state index in [1.807, 2.05) is 19.1 Å². The molecule has 1 aromatic carbocycles. The van der Waals surface area contributed by atoms with Crippen molar-refractivity contribution in [2.45, 2.75) is 13.3 Å². The number of ether oxygens (including phenoxy) is 2. The third-order valence-electron chi connectivity index (χ3n) is 2.76. The molecule has 0 unspecified atom stereocenters. The summed E-state index contributed by atoms with van der Waals surface area (Å²) in [5.41, 5.74) is 1.69. The van der Waals surface area contributed by atoms with Crippen molar-refractivity contribution in [3.63, 3.8) is 0 Å². The lowest BCUT2D eigenvalue weighted by Crippen LogP contribution is -1.97. The highest BCUT2D eigenvalue weighted by atomic mass is 35.5. The summed E-state index contributed by atoms with van der Waals surface area (Å²) in [7, 11) is 3.21. The second-order valence-corrected chi connectivity index (χ2v) is 4.31. The first kappa shape index (κ1) is 13.6. The fourth-order valence-electron chi connectivity index (χ4n) is 1.75. The van der Waals surface area contributed by atoms with Crippen LogP contribution in [0.1, 0.15) is 12.6 Å². The molecule has 0 aliphatic carbocycles. The molecule has 0 atom stereocenters. The van der Waals surface area contributed by atoms with Gasteiger partial charge in [-0.05, 0) is 24.6 Å². The standard InChI is InChI=1S/C14H15ClN2O2/c1-4-9-7-13(15)17-14(16-9)11-6-5-10(18-2)8-12(11)19-3/h5-8H,4H2,1-3H3. The van der Waals surface area contributed by atoms with E-state index < -0.39 is 0 Å². The van der Waals surface area contributed by atoms with Crippen molar-refractivity contribution in [1.82, 2.24) is 9.97 Å². The molecular formula is C14H15ClN2O2. The molecule has 0 saturated heterocycles. The van der Waals surface area contributed by atoms with E-state index in [9.17, 15) is 0 Å². The number of rotatable bonds is 4. The molecule has 5 heteroatoms. The van der Waals surface area contributed by atoms with Gasteiger partial charge >= 0.3 is 0 Å². The van der Waals surface area contributed by atoms with Crippen LogP contribution in [0.5, 0.6) is 11.5 Å². The summed E-state index contributed by atoms with van der Waals surface area (Å²) in [6.45, 7) is 2.02. The van der Waals surface area contributed by atoms with Gasteiger partial charge in [0.15, 0.2) is 5.82 Å². The molecule has 4 nitrogen and oxygen atoms in total. The summed E-state index contributed by atoms with van der Waals surface area (Å²) in [6, 6.07) is 7.27. The molecule has 0 radical (unpaired) electrons. The Labute approximate surface area is 117 Å². The SMILES string of the molecule is CCc1cc(Cl)nc(-c2ccc(OC)cc2OC)n1. The van der Waals surface area contributed by atoms with Gasteiger partial charge in [-0.25, -0.2) is 9.97 Å². The third kappa shape index (κ3) is 2.96. The normalized spacial score (nSPS) is 10.3. The molecule has 0 spiro atoms. The molecule has 1 aromatic heterocycles. The summed E-state index contributed by atoms with van der Waals surface area (Å²) >= 11 is 6.02. The molecule has 0 amide bonds. The number of aromatic nitrogens is 2. The van der Waals surface area contributed by atoms with Crippen molar-refractivity contribution < 1.29 is 9.47 Å². The molecule has 0 bridgehead atoms. The van der Waals surface area contributed by atoms with E-state index in [0.717, 1.165) is 23.4 Å². The predicted molar refractivity (Wildman–Crippen MR) is 75.0 cm³/mol. The van der Waals surface area contributed by atoms with Crippen LogP contribution >= 0.6 is 11.6 Å². The number of nitrogens with zero attached hydrogens (tertiary/aromatic N) is 2. The second-order valence-electron chi connectivity index (χ2n) is 3.93. The highest BCUT2D eigenvalue weighted by Gasteiger charge is 2.11. The minimum absolute atomic E-state index is 0.430. The van der Waals surface area contributed by atoms with Gasteiger partial charge in [-0.15, -0.1) is 0 Å². The number of methoxy groups -OCH3 is 2. The number of aryl methyl sites for hydroxylation is 1. The maximum Gasteiger partial charge on any atom is 0.164 e. The molecule has 2 aromatic rings. The minimum atomic E-state index is 0.430. The molecule has 0 saturated carbocycles. The van der Waals surface area contributed by atoms with E-state index in [-0.39, 0.29) is 0 Å². The fourth-order valence-corrected chi connectivity index (χ4v) is 1.96. The predicted octanol–water partition coefficient (Wildman–Crippen LogP) is 3.38. The van der Waals surface area contributed by atoms with Gasteiger partial charge in [0.05, 0.1) is 19.8 Å². The number of halogens is 1. The first-order valence-corrected chi connectivity index (χ1v) is 6.31. The molecule has 100 valence electrons. The lowest BCUT2D eigenvalue weighted by atomic mass is 10.1. The van der Waals surface area contributed by atoms with Gasteiger partial charge in [0.1, 0.15) is 16.7 Å². The topological polar surface area (TPSA) is 44.2 Å². The molecule has 19 heavy (non-hydrogen) atoms. The maximum absolute atomic E-state index is 6.02. The van der Waals surface area contributed by atoms with E-state index in [2.05, 4.69) is 9.97 Å². The van der Waals surface area contributed by atoms with Crippen LogP contribution in [-0.2, 0) is 6.42 Å². The Morgan fingerprint density at radius 3 is 2.53 bits per heavy atom. The number of hydrogen-bond donors (Lipinski definition) is 0. The Balaban J connectivity index is 2.54. The lowest BCUT2D eigenvalue weighted by molar-refractivity contribution is 0.395. The first-order chi connectivity index (χ1) is 9.17. The zero-order valence-corrected chi connectivity index (χ0v) is 11.9. The Morgan fingerprint density at radius 2 is 1.89 bits per heavy atom. The average molecular weight is 279 g/mol. The van der Waals surface area contributed by atoms with Gasteiger partial charge in [0.2, 0.25) is 0 Å². The largest absolute Gasteiger partial charge is 0.497 e. The van der Waals surface area contributed by atoms with Crippen LogP contribution in [-0.4, -0.2) is 24.2 Å². The summed E-state index contributed by atoms with van der Waals surface area (Å²) in [5.74, 6) is 1.94. The third-order valence-corrected chi connectivity index (χ3v) is 2.95. The van der Waals surface area contributed by atoms with Gasteiger partial charge in [-0.2, -0.15) is 0 Å². The highest BCUT2D eigenvalue weighted by molar-refractivity contribution is 6.29. The van der Waals surface area contributed by atoms with Gasteiger partial charge in [0.25, 0.3) is 0 Å². The van der Waals surface area contributed by atoms with Crippen LogP contribution in [0, 0.1) is 0 Å². The van der Waals surface area contributed by atoms with Gasteiger partial charge in [-0.3, -0.25) is 0 Å². The Morgan fingerprint density at radius 1 is 1.11 bits per heavy atom. The van der Waals surface area contributed by atoms with Crippen molar-refractivity contribution in [1.29, 1.82) is 0 Å². The molecule has 0 N–H and O–H groups in total. The van der Waals surface area contributed by atoms with Crippen LogP contribution in [0.25, 0.3) is 11.4 Å². The van der Waals surface area contributed by atoms with Gasteiger partial charge in [-0.1, -0.05) is 18.5 Å². The number of benzene rings is 1. The smallest absolute Gasteiger partial charge is 0.164 e. The van der Waals surface area contributed by atoms with Crippen LogP contribution in [0.4, 0.5) is 0 Å². The fraction of sp³-hybridized carbons (Fsp3) is 0.286. The summed E-state index contributed by atoms with van der Waals surface area (Å²) in [6.07, 6.45) is 0.799. The molecule has 1 heterocycles. The Bertz CT molecular complexity index is 588. The Hall–Kier alpha value is -1.81. The zero-order chi connectivity index (χ0) is 13.8. The zero-order valence-electron chi connectivity index (χ0n) is 11.1. The number of hydrogen-bond acceptors (Lipinski definition) is 4. The minimum Gasteiger partial charge on any atom is -0.497 e. The van der Waals surface area contributed by atoms with Crippen LogP contribution < -0.4 is 9.47 Å². The summed E-state index contributed by atoms with van der Waals surface area (Å²) < 4.78 is 10.5. The van der Waals surface area contributed by atoms with E-state index in [1.165, 1.54) is 0 Å². The lowest BCUT2D eigenvalue weighted by Gasteiger charge is -2.10. The molecule has 0 fully saturated rings. The van der Waals surface area contributed by atoms with Crippen molar-refractivity contribution in [2.24, 2.45) is 0 Å². The van der Waals surface area contributed by atoms with Crippen molar-refractivity contribution in [3.8, 4) is 22.9 Å². The molecule has 0 aliphatic heterocycles. The monoisotopic (exact) mass is 278 g/mol. The quantitative estimate of drug-likeness (QED) is 0.804.